The summed E-state index contributed by atoms with van der Waals surface area (Å²) in [6.07, 6.45) is 0.130. The monoisotopic (exact) mass is 597 g/mol. The zero-order valence-electron chi connectivity index (χ0n) is 24.3. The number of aliphatic imine (C=N–C) groups is 1. The third-order valence-electron chi connectivity index (χ3n) is 9.42. The first-order valence-electron chi connectivity index (χ1n) is 15.3. The normalized spacial score (nSPS) is 19.1. The van der Waals surface area contributed by atoms with E-state index in [1.54, 1.807) is 0 Å². The van der Waals surface area contributed by atoms with E-state index in [0.29, 0.717) is 0 Å². The van der Waals surface area contributed by atoms with Crippen LogP contribution in [0.4, 0.5) is 0 Å². The number of rotatable bonds is 4. The van der Waals surface area contributed by atoms with Gasteiger partial charge in [0.1, 0.15) is 17.9 Å². The maximum atomic E-state index is 5.06. The van der Waals surface area contributed by atoms with Gasteiger partial charge in [0.05, 0.1) is 22.1 Å². The molecular weight excluding hydrogens is 569 g/mol. The molecule has 0 spiro atoms. The van der Waals surface area contributed by atoms with Gasteiger partial charge in [0.2, 0.25) is 0 Å². The summed E-state index contributed by atoms with van der Waals surface area (Å²) in [5.74, 6) is 0. The minimum Gasteiger partial charge on any atom is -0.307 e. The van der Waals surface area contributed by atoms with Gasteiger partial charge in [-0.15, -0.1) is 0 Å². The molecule has 214 valence electrons. The fourth-order valence-corrected chi connectivity index (χ4v) is 7.92. The quantitative estimate of drug-likeness (QED) is 0.149. The Bertz CT molecular complexity index is 2480. The second-order valence-electron chi connectivity index (χ2n) is 11.9. The van der Waals surface area contributed by atoms with Crippen LogP contribution in [0.15, 0.2) is 151 Å². The number of fused-ring (bicyclic) bond motifs is 8. The third kappa shape index (κ3) is 3.54. The molecular formula is C39H28N5P. The minimum atomic E-state index is -0.0773. The van der Waals surface area contributed by atoms with Crippen LogP contribution in [-0.4, -0.2) is 24.7 Å². The number of aromatic nitrogens is 2. The fraction of sp³-hybridized carbons (Fsp3) is 0.0513. The molecule has 2 aliphatic rings. The summed E-state index contributed by atoms with van der Waals surface area (Å²) in [6, 6.07) is 52.5. The van der Waals surface area contributed by atoms with Crippen LogP contribution in [0.3, 0.4) is 0 Å². The maximum absolute atomic E-state index is 5.06. The Hall–Kier alpha value is -5.22. The molecule has 0 bridgehead atoms. The molecule has 4 heterocycles. The summed E-state index contributed by atoms with van der Waals surface area (Å²) < 4.78 is 4.90. The van der Waals surface area contributed by atoms with Gasteiger partial charge in [-0.05, 0) is 47.5 Å². The highest BCUT2D eigenvalue weighted by atomic mass is 31.0. The average Bonchev–Trinajstić information content (AvgIpc) is 3.42. The van der Waals surface area contributed by atoms with E-state index in [9.17, 15) is 0 Å². The lowest BCUT2D eigenvalue weighted by Gasteiger charge is -2.15. The lowest BCUT2D eigenvalue weighted by Crippen LogP contribution is -2.07. The molecule has 0 saturated carbocycles. The summed E-state index contributed by atoms with van der Waals surface area (Å²) in [5, 5.41) is 9.65. The summed E-state index contributed by atoms with van der Waals surface area (Å²) in [4.78, 5) is 5.06. The molecule has 6 heteroatoms. The average molecular weight is 598 g/mol. The zero-order chi connectivity index (χ0) is 29.6. The third-order valence-corrected chi connectivity index (χ3v) is 9.84. The Labute approximate surface area is 262 Å². The van der Waals surface area contributed by atoms with E-state index in [1.165, 1.54) is 54.7 Å². The van der Waals surface area contributed by atoms with Gasteiger partial charge in [-0.1, -0.05) is 118 Å². The molecule has 5 nitrogen and oxygen atoms in total. The molecule has 45 heavy (non-hydrogen) atoms. The van der Waals surface area contributed by atoms with Crippen molar-refractivity contribution in [2.45, 2.75) is 12.3 Å². The van der Waals surface area contributed by atoms with Crippen molar-refractivity contribution < 1.29 is 0 Å². The van der Waals surface area contributed by atoms with Gasteiger partial charge in [-0.2, -0.15) is 5.01 Å². The molecule has 4 atom stereocenters. The molecule has 2 aliphatic heterocycles. The summed E-state index contributed by atoms with van der Waals surface area (Å²) in [5.41, 5.74) is 10.6. The van der Waals surface area contributed by atoms with Crippen molar-refractivity contribution in [3.63, 3.8) is 0 Å². The van der Waals surface area contributed by atoms with Crippen molar-refractivity contribution in [1.82, 2.24) is 19.2 Å². The second-order valence-corrected chi connectivity index (χ2v) is 12.4. The van der Waals surface area contributed by atoms with Crippen molar-refractivity contribution >= 4 is 58.4 Å². The van der Waals surface area contributed by atoms with Crippen molar-refractivity contribution in [1.29, 1.82) is 0 Å². The standard InChI is InChI=1S/C39H28N5P/c45-39-40-37(43-38(44(39)43)25-12-3-1-4-13-25)26-14-11-17-28(24-26)42-34-21-10-8-19-30(34)32-23-22-31-29-18-7-9-20-33(29)41(35(31)36(32)42)27-15-5-2-6-16-27/h1-24,37-38H,45H2. The summed E-state index contributed by atoms with van der Waals surface area (Å²) >= 11 is 0. The lowest BCUT2D eigenvalue weighted by atomic mass is 10.1. The van der Waals surface area contributed by atoms with Gasteiger partial charge in [0, 0.05) is 32.9 Å². The Kier molecular flexibility index (Phi) is 5.25. The topological polar surface area (TPSA) is 28.2 Å². The van der Waals surface area contributed by atoms with Gasteiger partial charge in [-0.3, -0.25) is 5.01 Å². The zero-order valence-corrected chi connectivity index (χ0v) is 25.5. The SMILES string of the molecule is PC1=NC(c2cccc(-n3c4ccccc4c4ccc5c6ccccc6n(-c6ccccc6)c5c43)c2)N2C(c3ccccc3)N12. The van der Waals surface area contributed by atoms with Gasteiger partial charge < -0.3 is 9.13 Å². The van der Waals surface area contributed by atoms with E-state index in [2.05, 4.69) is 174 Å². The Morgan fingerprint density at radius 3 is 1.69 bits per heavy atom. The number of amidine groups is 1. The molecule has 2 aromatic heterocycles. The largest absolute Gasteiger partial charge is 0.307 e. The highest BCUT2D eigenvalue weighted by molar-refractivity contribution is 7.40. The van der Waals surface area contributed by atoms with Crippen LogP contribution in [0.2, 0.25) is 0 Å². The molecule has 0 radical (unpaired) electrons. The summed E-state index contributed by atoms with van der Waals surface area (Å²) in [6.45, 7) is 0. The van der Waals surface area contributed by atoms with Gasteiger partial charge in [0.15, 0.2) is 0 Å². The van der Waals surface area contributed by atoms with E-state index >= 15 is 0 Å². The second kappa shape index (κ2) is 9.39. The van der Waals surface area contributed by atoms with Crippen LogP contribution in [0.1, 0.15) is 23.5 Å². The predicted octanol–water partition coefficient (Wildman–Crippen LogP) is 9.36. The lowest BCUT2D eigenvalue weighted by molar-refractivity contribution is 0.342. The number of hydrazine groups is 1. The van der Waals surface area contributed by atoms with Crippen LogP contribution in [0.25, 0.3) is 55.0 Å². The van der Waals surface area contributed by atoms with E-state index in [4.69, 9.17) is 4.99 Å². The van der Waals surface area contributed by atoms with Crippen molar-refractivity contribution in [2.24, 2.45) is 4.99 Å². The molecule has 0 amide bonds. The predicted molar refractivity (Wildman–Crippen MR) is 188 cm³/mol. The number of benzene rings is 6. The Morgan fingerprint density at radius 2 is 1.02 bits per heavy atom. The van der Waals surface area contributed by atoms with E-state index in [0.717, 1.165) is 17.0 Å². The van der Waals surface area contributed by atoms with Gasteiger partial charge >= 0.3 is 0 Å². The molecule has 4 unspecified atom stereocenters. The Morgan fingerprint density at radius 1 is 0.489 bits per heavy atom. The van der Waals surface area contributed by atoms with Crippen molar-refractivity contribution in [3.8, 4) is 11.4 Å². The maximum Gasteiger partial charge on any atom is 0.150 e. The molecule has 1 saturated heterocycles. The van der Waals surface area contributed by atoms with E-state index in [-0.39, 0.29) is 12.3 Å². The summed E-state index contributed by atoms with van der Waals surface area (Å²) in [7, 11) is 2.84. The van der Waals surface area contributed by atoms with Crippen molar-refractivity contribution in [2.75, 3.05) is 0 Å². The first-order chi connectivity index (χ1) is 22.3. The molecule has 1 fully saturated rings. The van der Waals surface area contributed by atoms with Gasteiger partial charge in [-0.25, -0.2) is 4.99 Å². The van der Waals surface area contributed by atoms with Crippen molar-refractivity contribution in [3.05, 3.63) is 157 Å². The van der Waals surface area contributed by atoms with Crippen LogP contribution < -0.4 is 0 Å². The number of hydrogen-bond acceptors (Lipinski definition) is 3. The van der Waals surface area contributed by atoms with E-state index in [1.807, 2.05) is 0 Å². The number of nitrogens with zero attached hydrogens (tertiary/aromatic N) is 5. The number of hydrogen-bond donors (Lipinski definition) is 0. The Balaban J connectivity index is 1.24. The first kappa shape index (κ1) is 25.1. The fourth-order valence-electron chi connectivity index (χ4n) is 7.51. The van der Waals surface area contributed by atoms with Crippen LogP contribution in [0, 0.1) is 0 Å². The number of para-hydroxylation sites is 3. The minimum absolute atomic E-state index is 0.0773. The smallest absolute Gasteiger partial charge is 0.150 e. The molecule has 10 rings (SSSR count). The highest BCUT2D eigenvalue weighted by Crippen LogP contribution is 2.54. The molecule has 0 N–H and O–H groups in total. The van der Waals surface area contributed by atoms with E-state index < -0.39 is 0 Å². The van der Waals surface area contributed by atoms with Crippen LogP contribution in [0.5, 0.6) is 0 Å². The highest BCUT2D eigenvalue weighted by Gasteiger charge is 2.56. The molecule has 0 aliphatic carbocycles. The molecule has 6 aromatic carbocycles. The molecule has 8 aromatic rings. The van der Waals surface area contributed by atoms with Crippen LogP contribution >= 0.6 is 9.24 Å². The van der Waals surface area contributed by atoms with Crippen LogP contribution in [-0.2, 0) is 0 Å². The van der Waals surface area contributed by atoms with Gasteiger partial charge in [0.25, 0.3) is 0 Å². The first-order valence-corrected chi connectivity index (χ1v) is 15.9.